The van der Waals surface area contributed by atoms with Gasteiger partial charge < -0.3 is 15.2 Å². The number of aliphatic hydroxyl groups excluding tert-OH is 1. The zero-order valence-corrected chi connectivity index (χ0v) is 8.20. The van der Waals surface area contributed by atoms with Crippen LogP contribution in [0.3, 0.4) is 0 Å². The Bertz CT molecular complexity index is 336. The van der Waals surface area contributed by atoms with Gasteiger partial charge in [-0.25, -0.2) is 0 Å². The molecule has 0 spiro atoms. The number of nitrogens with one attached hydrogen (secondary N) is 1. The van der Waals surface area contributed by atoms with Crippen molar-refractivity contribution in [1.29, 1.82) is 0 Å². The van der Waals surface area contributed by atoms with Crippen LogP contribution in [0.4, 0.5) is 5.69 Å². The zero-order chi connectivity index (χ0) is 10.6. The van der Waals surface area contributed by atoms with Crippen LogP contribution in [0.25, 0.3) is 0 Å². The lowest BCUT2D eigenvalue weighted by Crippen LogP contribution is -2.15. The molecule has 4 nitrogen and oxygen atoms in total. The molecule has 76 valence electrons. The normalized spacial score (nSPS) is 9.64. The van der Waals surface area contributed by atoms with Crippen LogP contribution < -0.4 is 10.1 Å². The van der Waals surface area contributed by atoms with Gasteiger partial charge in [0.05, 0.1) is 7.11 Å². The fraction of sp³-hybridized carbons (Fsp3) is 0.300. The van der Waals surface area contributed by atoms with Crippen LogP contribution in [0.15, 0.2) is 18.2 Å². The number of carbonyl (C=O) groups is 1. The molecule has 0 aliphatic carbocycles. The van der Waals surface area contributed by atoms with Crippen molar-refractivity contribution in [3.63, 3.8) is 0 Å². The van der Waals surface area contributed by atoms with Crippen molar-refractivity contribution >= 4 is 11.6 Å². The Morgan fingerprint density at radius 3 is 2.86 bits per heavy atom. The van der Waals surface area contributed by atoms with Crippen molar-refractivity contribution in [2.75, 3.05) is 19.0 Å². The Hall–Kier alpha value is -1.55. The summed E-state index contributed by atoms with van der Waals surface area (Å²) in [5.74, 6) is 0.275. The average molecular weight is 195 g/mol. The van der Waals surface area contributed by atoms with Crippen molar-refractivity contribution in [1.82, 2.24) is 0 Å². The molecule has 0 radical (unpaired) electrons. The Morgan fingerprint density at radius 2 is 2.29 bits per heavy atom. The van der Waals surface area contributed by atoms with Crippen LogP contribution in [-0.4, -0.2) is 24.7 Å². The van der Waals surface area contributed by atoms with E-state index >= 15 is 0 Å². The van der Waals surface area contributed by atoms with E-state index in [1.54, 1.807) is 19.2 Å². The molecule has 1 rings (SSSR count). The standard InChI is InChI=1S/C10H13NO3/c1-7-3-4-8(5-9(7)14-2)11-10(13)6-12/h3-5,12H,6H2,1-2H3,(H,11,13). The number of amides is 1. The van der Waals surface area contributed by atoms with E-state index in [-0.39, 0.29) is 0 Å². The summed E-state index contributed by atoms with van der Waals surface area (Å²) in [5, 5.41) is 11.1. The summed E-state index contributed by atoms with van der Waals surface area (Å²) in [6.07, 6.45) is 0. The SMILES string of the molecule is COc1cc(NC(=O)CO)ccc1C. The first kappa shape index (κ1) is 10.5. The third-order valence-corrected chi connectivity index (χ3v) is 1.84. The number of rotatable bonds is 3. The number of aliphatic hydroxyl groups is 1. The molecule has 0 atom stereocenters. The summed E-state index contributed by atoms with van der Waals surface area (Å²) in [6, 6.07) is 5.31. The number of aryl methyl sites for hydroxylation is 1. The molecule has 0 aromatic heterocycles. The Balaban J connectivity index is 2.84. The van der Waals surface area contributed by atoms with E-state index in [4.69, 9.17) is 9.84 Å². The van der Waals surface area contributed by atoms with Crippen molar-refractivity contribution in [3.8, 4) is 5.75 Å². The smallest absolute Gasteiger partial charge is 0.250 e. The second-order valence-corrected chi connectivity index (χ2v) is 2.89. The molecule has 0 aliphatic heterocycles. The number of ether oxygens (including phenoxy) is 1. The highest BCUT2D eigenvalue weighted by Gasteiger charge is 2.03. The molecule has 0 fully saturated rings. The van der Waals surface area contributed by atoms with E-state index in [1.165, 1.54) is 0 Å². The second kappa shape index (κ2) is 4.62. The minimum absolute atomic E-state index is 0.434. The van der Waals surface area contributed by atoms with Gasteiger partial charge in [-0.05, 0) is 18.6 Å². The molecule has 0 saturated carbocycles. The average Bonchev–Trinajstić information content (AvgIpc) is 2.20. The van der Waals surface area contributed by atoms with Crippen LogP contribution in [0.1, 0.15) is 5.56 Å². The number of hydrogen-bond donors (Lipinski definition) is 2. The van der Waals surface area contributed by atoms with Gasteiger partial charge in [-0.2, -0.15) is 0 Å². The highest BCUT2D eigenvalue weighted by Crippen LogP contribution is 2.21. The summed E-state index contributed by atoms with van der Waals surface area (Å²) in [6.45, 7) is 1.40. The largest absolute Gasteiger partial charge is 0.496 e. The van der Waals surface area contributed by atoms with Crippen molar-refractivity contribution in [3.05, 3.63) is 23.8 Å². The summed E-state index contributed by atoms with van der Waals surface area (Å²) in [5.41, 5.74) is 1.61. The molecule has 0 bridgehead atoms. The monoisotopic (exact) mass is 195 g/mol. The minimum atomic E-state index is -0.518. The van der Waals surface area contributed by atoms with Gasteiger partial charge >= 0.3 is 0 Å². The number of hydrogen-bond acceptors (Lipinski definition) is 3. The van der Waals surface area contributed by atoms with Gasteiger partial charge in [-0.3, -0.25) is 4.79 Å². The van der Waals surface area contributed by atoms with E-state index < -0.39 is 12.5 Å². The molecule has 1 amide bonds. The molecule has 1 aromatic carbocycles. The molecule has 0 aliphatic rings. The molecule has 0 heterocycles. The molecule has 4 heteroatoms. The summed E-state index contributed by atoms with van der Waals surface area (Å²) < 4.78 is 5.09. The predicted octanol–water partition coefficient (Wildman–Crippen LogP) is 0.934. The van der Waals surface area contributed by atoms with Crippen LogP contribution >= 0.6 is 0 Å². The Labute approximate surface area is 82.5 Å². The van der Waals surface area contributed by atoms with E-state index in [1.807, 2.05) is 13.0 Å². The van der Waals surface area contributed by atoms with Gasteiger partial charge in [-0.1, -0.05) is 6.07 Å². The molecule has 2 N–H and O–H groups in total. The third-order valence-electron chi connectivity index (χ3n) is 1.84. The van der Waals surface area contributed by atoms with E-state index in [0.29, 0.717) is 11.4 Å². The van der Waals surface area contributed by atoms with Gasteiger partial charge in [0, 0.05) is 11.8 Å². The van der Waals surface area contributed by atoms with Crippen LogP contribution in [0.2, 0.25) is 0 Å². The lowest BCUT2D eigenvalue weighted by molar-refractivity contribution is -0.118. The van der Waals surface area contributed by atoms with Crippen molar-refractivity contribution in [2.24, 2.45) is 0 Å². The maximum Gasteiger partial charge on any atom is 0.250 e. The molecule has 0 unspecified atom stereocenters. The maximum absolute atomic E-state index is 10.9. The summed E-state index contributed by atoms with van der Waals surface area (Å²) in [4.78, 5) is 10.9. The lowest BCUT2D eigenvalue weighted by Gasteiger charge is -2.08. The highest BCUT2D eigenvalue weighted by molar-refractivity contribution is 5.91. The van der Waals surface area contributed by atoms with Crippen LogP contribution in [-0.2, 0) is 4.79 Å². The van der Waals surface area contributed by atoms with Crippen LogP contribution in [0.5, 0.6) is 5.75 Å². The molecular weight excluding hydrogens is 182 g/mol. The van der Waals surface area contributed by atoms with Gasteiger partial charge in [0.25, 0.3) is 0 Å². The summed E-state index contributed by atoms with van der Waals surface area (Å²) >= 11 is 0. The van der Waals surface area contributed by atoms with E-state index in [9.17, 15) is 4.79 Å². The molecule has 14 heavy (non-hydrogen) atoms. The quantitative estimate of drug-likeness (QED) is 0.754. The highest BCUT2D eigenvalue weighted by atomic mass is 16.5. The fourth-order valence-corrected chi connectivity index (χ4v) is 1.10. The topological polar surface area (TPSA) is 58.6 Å². The number of methoxy groups -OCH3 is 1. The van der Waals surface area contributed by atoms with Gasteiger partial charge in [0.1, 0.15) is 12.4 Å². The first-order valence-corrected chi connectivity index (χ1v) is 4.22. The molecule has 0 saturated heterocycles. The first-order chi connectivity index (χ1) is 6.67. The van der Waals surface area contributed by atoms with Crippen LogP contribution in [0, 0.1) is 6.92 Å². The summed E-state index contributed by atoms with van der Waals surface area (Å²) in [7, 11) is 1.57. The first-order valence-electron chi connectivity index (χ1n) is 4.22. The Morgan fingerprint density at radius 1 is 1.57 bits per heavy atom. The van der Waals surface area contributed by atoms with E-state index in [0.717, 1.165) is 5.56 Å². The second-order valence-electron chi connectivity index (χ2n) is 2.89. The zero-order valence-electron chi connectivity index (χ0n) is 8.20. The number of benzene rings is 1. The maximum atomic E-state index is 10.9. The molecular formula is C10H13NO3. The number of anilines is 1. The van der Waals surface area contributed by atoms with E-state index in [2.05, 4.69) is 5.32 Å². The van der Waals surface area contributed by atoms with Crippen molar-refractivity contribution < 1.29 is 14.6 Å². The van der Waals surface area contributed by atoms with Crippen molar-refractivity contribution in [2.45, 2.75) is 6.92 Å². The third kappa shape index (κ3) is 2.47. The Kier molecular flexibility index (Phi) is 3.48. The van der Waals surface area contributed by atoms with Gasteiger partial charge in [0.15, 0.2) is 0 Å². The van der Waals surface area contributed by atoms with Gasteiger partial charge in [0.2, 0.25) is 5.91 Å². The van der Waals surface area contributed by atoms with Gasteiger partial charge in [-0.15, -0.1) is 0 Å². The fourth-order valence-electron chi connectivity index (χ4n) is 1.10. The minimum Gasteiger partial charge on any atom is -0.496 e. The number of carbonyl (C=O) groups excluding carboxylic acids is 1. The lowest BCUT2D eigenvalue weighted by atomic mass is 10.2. The molecule has 1 aromatic rings. The predicted molar refractivity (Wildman–Crippen MR) is 53.4 cm³/mol.